The van der Waals surface area contributed by atoms with Crippen LogP contribution in [0.3, 0.4) is 0 Å². The molecule has 18 heavy (non-hydrogen) atoms. The van der Waals surface area contributed by atoms with Crippen molar-refractivity contribution in [1.29, 1.82) is 0 Å². The molecule has 1 heterocycles. The van der Waals surface area contributed by atoms with Crippen molar-refractivity contribution in [2.24, 2.45) is 4.99 Å². The SMILES string of the molecule is Cc1ccc(N=Cc2ccc([N+](=O)[O-])s2)cc1Cl. The van der Waals surface area contributed by atoms with Crippen LogP contribution in [0.25, 0.3) is 0 Å². The average molecular weight is 281 g/mol. The molecule has 1 aromatic heterocycles. The summed E-state index contributed by atoms with van der Waals surface area (Å²) < 4.78 is 0. The molecule has 2 rings (SSSR count). The fraction of sp³-hybridized carbons (Fsp3) is 0.0833. The predicted molar refractivity (Wildman–Crippen MR) is 74.4 cm³/mol. The lowest BCUT2D eigenvalue weighted by molar-refractivity contribution is -0.380. The van der Waals surface area contributed by atoms with Gasteiger partial charge in [-0.15, -0.1) is 0 Å². The molecule has 4 nitrogen and oxygen atoms in total. The van der Waals surface area contributed by atoms with E-state index in [1.165, 1.54) is 6.07 Å². The highest BCUT2D eigenvalue weighted by molar-refractivity contribution is 7.16. The maximum Gasteiger partial charge on any atom is 0.324 e. The zero-order valence-corrected chi connectivity index (χ0v) is 11.0. The minimum absolute atomic E-state index is 0.110. The number of thiophene rings is 1. The lowest BCUT2D eigenvalue weighted by Gasteiger charge is -1.97. The lowest BCUT2D eigenvalue weighted by Crippen LogP contribution is -1.80. The number of benzene rings is 1. The number of nitro groups is 1. The summed E-state index contributed by atoms with van der Waals surface area (Å²) in [6, 6.07) is 8.62. The van der Waals surface area contributed by atoms with Gasteiger partial charge in [-0.3, -0.25) is 15.1 Å². The number of halogens is 1. The van der Waals surface area contributed by atoms with Gasteiger partial charge in [0.2, 0.25) is 0 Å². The maximum atomic E-state index is 10.5. The van der Waals surface area contributed by atoms with Crippen LogP contribution in [0, 0.1) is 17.0 Å². The molecule has 0 N–H and O–H groups in total. The highest BCUT2D eigenvalue weighted by Crippen LogP contribution is 2.25. The molecule has 0 aliphatic rings. The van der Waals surface area contributed by atoms with Crippen LogP contribution in [0.15, 0.2) is 35.3 Å². The first-order valence-electron chi connectivity index (χ1n) is 5.11. The van der Waals surface area contributed by atoms with E-state index in [4.69, 9.17) is 11.6 Å². The molecule has 6 heteroatoms. The van der Waals surface area contributed by atoms with E-state index >= 15 is 0 Å². The molecule has 0 spiro atoms. The van der Waals surface area contributed by atoms with Crippen molar-refractivity contribution < 1.29 is 4.92 Å². The summed E-state index contributed by atoms with van der Waals surface area (Å²) >= 11 is 7.07. The second-order valence-electron chi connectivity index (χ2n) is 3.62. The van der Waals surface area contributed by atoms with Crippen LogP contribution in [0.1, 0.15) is 10.4 Å². The van der Waals surface area contributed by atoms with Crippen molar-refractivity contribution >= 4 is 39.8 Å². The van der Waals surface area contributed by atoms with E-state index in [9.17, 15) is 10.1 Å². The Bertz CT molecular complexity index is 622. The normalized spacial score (nSPS) is 11.0. The zero-order chi connectivity index (χ0) is 13.1. The van der Waals surface area contributed by atoms with Crippen LogP contribution in [-0.2, 0) is 0 Å². The summed E-state index contributed by atoms with van der Waals surface area (Å²) in [5.74, 6) is 0. The Balaban J connectivity index is 2.19. The molecule has 0 aliphatic heterocycles. The number of hydrogen-bond donors (Lipinski definition) is 0. The van der Waals surface area contributed by atoms with Crippen LogP contribution in [0.5, 0.6) is 0 Å². The van der Waals surface area contributed by atoms with E-state index < -0.39 is 4.92 Å². The Morgan fingerprint density at radius 1 is 1.39 bits per heavy atom. The molecular weight excluding hydrogens is 272 g/mol. The molecule has 1 aromatic carbocycles. The van der Waals surface area contributed by atoms with Gasteiger partial charge in [0.05, 0.1) is 15.5 Å². The molecule has 0 saturated heterocycles. The van der Waals surface area contributed by atoms with Crippen LogP contribution >= 0.6 is 22.9 Å². The molecule has 0 bridgehead atoms. The number of nitrogens with zero attached hydrogens (tertiary/aromatic N) is 2. The third-order valence-electron chi connectivity index (χ3n) is 2.29. The first-order chi connectivity index (χ1) is 8.56. The summed E-state index contributed by atoms with van der Waals surface area (Å²) in [7, 11) is 0. The molecule has 0 aliphatic carbocycles. The molecule has 92 valence electrons. The first kappa shape index (κ1) is 12.7. The van der Waals surface area contributed by atoms with Gasteiger partial charge in [0.25, 0.3) is 0 Å². The smallest absolute Gasteiger partial charge is 0.258 e. The third-order valence-corrected chi connectivity index (χ3v) is 3.67. The summed E-state index contributed by atoms with van der Waals surface area (Å²) in [4.78, 5) is 15.1. The minimum atomic E-state index is -0.412. The van der Waals surface area contributed by atoms with Crippen LogP contribution in [-0.4, -0.2) is 11.1 Å². The van der Waals surface area contributed by atoms with Crippen LogP contribution < -0.4 is 0 Å². The molecule has 0 amide bonds. The summed E-state index contributed by atoms with van der Waals surface area (Å²) in [5.41, 5.74) is 1.71. The van der Waals surface area contributed by atoms with Crippen LogP contribution in [0.2, 0.25) is 5.02 Å². The highest BCUT2D eigenvalue weighted by atomic mass is 35.5. The second kappa shape index (κ2) is 5.29. The van der Waals surface area contributed by atoms with E-state index in [0.717, 1.165) is 27.5 Å². The Labute approximate surface area is 113 Å². The number of rotatable bonds is 3. The van der Waals surface area contributed by atoms with Gasteiger partial charge in [-0.1, -0.05) is 29.0 Å². The van der Waals surface area contributed by atoms with E-state index in [1.807, 2.05) is 19.1 Å². The van der Waals surface area contributed by atoms with Gasteiger partial charge in [0.15, 0.2) is 0 Å². The fourth-order valence-electron chi connectivity index (χ4n) is 1.31. The average Bonchev–Trinajstić information content (AvgIpc) is 2.79. The number of aryl methyl sites for hydroxylation is 1. The summed E-state index contributed by atoms with van der Waals surface area (Å²) in [5, 5.41) is 11.3. The van der Waals surface area contributed by atoms with Gasteiger partial charge in [0.1, 0.15) is 0 Å². The van der Waals surface area contributed by atoms with Gasteiger partial charge in [-0.2, -0.15) is 0 Å². The summed E-state index contributed by atoms with van der Waals surface area (Å²) in [6.07, 6.45) is 1.60. The Hall–Kier alpha value is -1.72. The van der Waals surface area contributed by atoms with Gasteiger partial charge < -0.3 is 0 Å². The van der Waals surface area contributed by atoms with E-state index in [2.05, 4.69) is 4.99 Å². The minimum Gasteiger partial charge on any atom is -0.258 e. The molecule has 2 aromatic rings. The predicted octanol–water partition coefficient (Wildman–Crippen LogP) is 4.37. The molecule has 0 radical (unpaired) electrons. The Kier molecular flexibility index (Phi) is 3.74. The quantitative estimate of drug-likeness (QED) is 0.476. The maximum absolute atomic E-state index is 10.5. The largest absolute Gasteiger partial charge is 0.324 e. The fourth-order valence-corrected chi connectivity index (χ4v) is 2.18. The zero-order valence-electron chi connectivity index (χ0n) is 9.46. The number of aliphatic imine (C=N–C) groups is 1. The van der Waals surface area contributed by atoms with Crippen molar-refractivity contribution in [3.63, 3.8) is 0 Å². The van der Waals surface area contributed by atoms with Crippen molar-refractivity contribution in [1.82, 2.24) is 0 Å². The topological polar surface area (TPSA) is 55.5 Å². The monoisotopic (exact) mass is 280 g/mol. The third kappa shape index (κ3) is 2.94. The molecule has 0 atom stereocenters. The first-order valence-corrected chi connectivity index (χ1v) is 6.30. The van der Waals surface area contributed by atoms with E-state index in [0.29, 0.717) is 5.02 Å². The molecule has 0 saturated carbocycles. The van der Waals surface area contributed by atoms with Crippen molar-refractivity contribution in [3.05, 3.63) is 55.9 Å². The van der Waals surface area contributed by atoms with Crippen molar-refractivity contribution in [3.8, 4) is 0 Å². The van der Waals surface area contributed by atoms with Crippen molar-refractivity contribution in [2.45, 2.75) is 6.92 Å². The highest BCUT2D eigenvalue weighted by Gasteiger charge is 2.07. The van der Waals surface area contributed by atoms with Crippen LogP contribution in [0.4, 0.5) is 10.7 Å². The molecule has 0 unspecified atom stereocenters. The van der Waals surface area contributed by atoms with E-state index in [1.54, 1.807) is 18.3 Å². The summed E-state index contributed by atoms with van der Waals surface area (Å²) in [6.45, 7) is 1.92. The second-order valence-corrected chi connectivity index (χ2v) is 5.13. The molecular formula is C12H9ClN2O2S. The Morgan fingerprint density at radius 2 is 2.17 bits per heavy atom. The van der Waals surface area contributed by atoms with Gasteiger partial charge in [0, 0.05) is 17.3 Å². The standard InChI is InChI=1S/C12H9ClN2O2S/c1-8-2-3-9(6-11(8)13)14-7-10-4-5-12(18-10)15(16)17/h2-7H,1H3. The van der Waals surface area contributed by atoms with Gasteiger partial charge in [-0.25, -0.2) is 0 Å². The van der Waals surface area contributed by atoms with Gasteiger partial charge in [-0.05, 0) is 30.7 Å². The van der Waals surface area contributed by atoms with Gasteiger partial charge >= 0.3 is 5.00 Å². The molecule has 0 fully saturated rings. The Morgan fingerprint density at radius 3 is 2.78 bits per heavy atom. The number of hydrogen-bond acceptors (Lipinski definition) is 4. The van der Waals surface area contributed by atoms with E-state index in [-0.39, 0.29) is 5.00 Å². The lowest BCUT2D eigenvalue weighted by atomic mass is 10.2. The van der Waals surface area contributed by atoms with Crippen molar-refractivity contribution in [2.75, 3.05) is 0 Å².